The van der Waals surface area contributed by atoms with Crippen LogP contribution in [0.1, 0.15) is 24.2 Å². The Balaban J connectivity index is 1.35. The van der Waals surface area contributed by atoms with Gasteiger partial charge in [0.2, 0.25) is 10.0 Å². The topological polar surface area (TPSA) is 101 Å². The third kappa shape index (κ3) is 4.45. The molecule has 0 aliphatic carbocycles. The van der Waals surface area contributed by atoms with Crippen LogP contribution in [0.15, 0.2) is 45.6 Å². The number of nitrogens with zero attached hydrogens (tertiary/aromatic N) is 3. The Morgan fingerprint density at radius 1 is 1.03 bits per heavy atom. The molecule has 0 spiro atoms. The van der Waals surface area contributed by atoms with E-state index in [0.29, 0.717) is 23.8 Å². The van der Waals surface area contributed by atoms with E-state index in [1.54, 1.807) is 23.1 Å². The number of thiazole rings is 2. The highest BCUT2D eigenvalue weighted by atomic mass is 32.2. The van der Waals surface area contributed by atoms with Crippen LogP contribution in [0, 0.1) is 0 Å². The molecule has 1 fully saturated rings. The predicted molar refractivity (Wildman–Crippen MR) is 138 cm³/mol. The fourth-order valence-electron chi connectivity index (χ4n) is 3.92. The Bertz CT molecular complexity index is 1470. The van der Waals surface area contributed by atoms with Crippen molar-refractivity contribution in [3.63, 3.8) is 0 Å². The van der Waals surface area contributed by atoms with Crippen LogP contribution in [-0.4, -0.2) is 60.2 Å². The molecule has 5 rings (SSSR count). The summed E-state index contributed by atoms with van der Waals surface area (Å²) in [6, 6.07) is 9.83. The van der Waals surface area contributed by atoms with Crippen LogP contribution < -0.4 is 5.32 Å². The van der Waals surface area contributed by atoms with Crippen LogP contribution >= 0.6 is 34.4 Å². The number of hydrogen-bond donors (Lipinski definition) is 1. The number of rotatable bonds is 5. The zero-order valence-electron chi connectivity index (χ0n) is 18.6. The molecule has 1 amide bonds. The minimum absolute atomic E-state index is 0.155. The number of anilines is 1. The lowest BCUT2D eigenvalue weighted by molar-refractivity contribution is -0.0440. The molecule has 178 valence electrons. The van der Waals surface area contributed by atoms with Crippen molar-refractivity contribution < 1.29 is 17.9 Å². The van der Waals surface area contributed by atoms with E-state index in [-0.39, 0.29) is 23.0 Å². The van der Waals surface area contributed by atoms with Gasteiger partial charge in [0, 0.05) is 18.7 Å². The summed E-state index contributed by atoms with van der Waals surface area (Å²) in [5, 5.41) is 3.32. The number of hydrogen-bond acceptors (Lipinski definition) is 9. The number of sulfonamides is 1. The second-order valence-electron chi connectivity index (χ2n) is 8.02. The largest absolute Gasteiger partial charge is 0.373 e. The first-order valence-electron chi connectivity index (χ1n) is 10.6. The van der Waals surface area contributed by atoms with Crippen molar-refractivity contribution in [1.29, 1.82) is 0 Å². The average molecular weight is 535 g/mol. The monoisotopic (exact) mass is 534 g/mol. The van der Waals surface area contributed by atoms with Crippen LogP contribution in [0.3, 0.4) is 0 Å². The SMILES string of the molecule is CSc1nc2ccc3nc(NC(=O)c4ccc(S(=O)(=O)N5C[C@@H](C)O[C@@H](C)C5)cc4)sc3c2s1. The van der Waals surface area contributed by atoms with Gasteiger partial charge < -0.3 is 4.74 Å². The minimum atomic E-state index is -3.66. The van der Waals surface area contributed by atoms with Crippen LogP contribution in [0.2, 0.25) is 0 Å². The summed E-state index contributed by atoms with van der Waals surface area (Å²) >= 11 is 4.62. The van der Waals surface area contributed by atoms with Gasteiger partial charge in [-0.3, -0.25) is 10.1 Å². The summed E-state index contributed by atoms with van der Waals surface area (Å²) in [6.07, 6.45) is 1.65. The maximum Gasteiger partial charge on any atom is 0.257 e. The van der Waals surface area contributed by atoms with E-state index in [1.165, 1.54) is 39.9 Å². The zero-order valence-corrected chi connectivity index (χ0v) is 21.9. The molecular weight excluding hydrogens is 513 g/mol. The highest BCUT2D eigenvalue weighted by Crippen LogP contribution is 2.38. The normalized spacial score (nSPS) is 19.6. The van der Waals surface area contributed by atoms with Crippen LogP contribution in [0.25, 0.3) is 20.4 Å². The predicted octanol–water partition coefficient (Wildman–Crippen LogP) is 4.68. The van der Waals surface area contributed by atoms with Gasteiger partial charge in [0.05, 0.1) is 37.5 Å². The Hall–Kier alpha value is -2.09. The van der Waals surface area contributed by atoms with Gasteiger partial charge in [-0.1, -0.05) is 23.1 Å². The summed E-state index contributed by atoms with van der Waals surface area (Å²) in [5.41, 5.74) is 2.08. The molecular formula is C22H22N4O4S4. The van der Waals surface area contributed by atoms with E-state index in [4.69, 9.17) is 4.74 Å². The van der Waals surface area contributed by atoms with Crippen molar-refractivity contribution in [1.82, 2.24) is 14.3 Å². The average Bonchev–Trinajstić information content (AvgIpc) is 3.41. The number of morpholine rings is 1. The Kier molecular flexibility index (Phi) is 6.38. The first-order valence-corrected chi connectivity index (χ1v) is 14.9. The molecule has 4 aromatic rings. The Morgan fingerprint density at radius 3 is 2.29 bits per heavy atom. The second kappa shape index (κ2) is 9.17. The van der Waals surface area contributed by atoms with E-state index in [9.17, 15) is 13.2 Å². The molecule has 1 aliphatic rings. The number of carbonyl (C=O) groups is 1. The summed E-state index contributed by atoms with van der Waals surface area (Å²) in [5.74, 6) is -0.345. The molecule has 1 aliphatic heterocycles. The van der Waals surface area contributed by atoms with Crippen LogP contribution in [-0.2, 0) is 14.8 Å². The first-order chi connectivity index (χ1) is 16.2. The standard InChI is InChI=1S/C22H22N4O4S4/c1-12-10-26(11-13(2)30-12)34(28,29)15-6-4-14(5-7-15)20(27)25-21-23-16-8-9-17-19(18(16)32-21)33-22(24-17)31-3/h4-9,12-13H,10-11H2,1-3H3,(H,23,25,27)/t12-,13+. The van der Waals surface area contributed by atoms with Gasteiger partial charge in [0.15, 0.2) is 9.47 Å². The molecule has 2 aromatic heterocycles. The van der Waals surface area contributed by atoms with Gasteiger partial charge in [-0.25, -0.2) is 18.4 Å². The van der Waals surface area contributed by atoms with E-state index in [0.717, 1.165) is 24.8 Å². The molecule has 3 heterocycles. The zero-order chi connectivity index (χ0) is 24.0. The molecule has 0 bridgehead atoms. The number of thioether (sulfide) groups is 1. The number of nitrogens with one attached hydrogen (secondary N) is 1. The van der Waals surface area contributed by atoms with Gasteiger partial charge in [0.25, 0.3) is 5.91 Å². The van der Waals surface area contributed by atoms with Gasteiger partial charge >= 0.3 is 0 Å². The van der Waals surface area contributed by atoms with Gasteiger partial charge in [-0.15, -0.1) is 11.3 Å². The Morgan fingerprint density at radius 2 is 1.65 bits per heavy atom. The highest BCUT2D eigenvalue weighted by molar-refractivity contribution is 8.00. The smallest absolute Gasteiger partial charge is 0.257 e. The summed E-state index contributed by atoms with van der Waals surface area (Å²) in [6.45, 7) is 4.32. The lowest BCUT2D eigenvalue weighted by Crippen LogP contribution is -2.48. The fraction of sp³-hybridized carbons (Fsp3) is 0.318. The molecule has 0 saturated carbocycles. The van der Waals surface area contributed by atoms with Gasteiger partial charge in [0.1, 0.15) is 0 Å². The molecule has 8 nitrogen and oxygen atoms in total. The van der Waals surface area contributed by atoms with Crippen molar-refractivity contribution in [2.75, 3.05) is 24.7 Å². The molecule has 0 radical (unpaired) electrons. The van der Waals surface area contributed by atoms with Crippen molar-refractivity contribution in [2.45, 2.75) is 35.3 Å². The first kappa shape index (κ1) is 23.6. The molecule has 0 unspecified atom stereocenters. The number of carbonyl (C=O) groups excluding carboxylic acids is 1. The van der Waals surface area contributed by atoms with Crippen molar-refractivity contribution >= 4 is 75.9 Å². The maximum atomic E-state index is 13.0. The fourth-order valence-corrected chi connectivity index (χ4v) is 8.16. The molecule has 1 N–H and O–H groups in total. The molecule has 2 atom stereocenters. The molecule has 2 aromatic carbocycles. The van der Waals surface area contributed by atoms with Gasteiger partial charge in [-0.2, -0.15) is 4.31 Å². The number of aromatic nitrogens is 2. The lowest BCUT2D eigenvalue weighted by atomic mass is 10.2. The highest BCUT2D eigenvalue weighted by Gasteiger charge is 2.32. The Labute approximate surface area is 209 Å². The van der Waals surface area contributed by atoms with Crippen LogP contribution in [0.4, 0.5) is 5.13 Å². The maximum absolute atomic E-state index is 13.0. The molecule has 1 saturated heterocycles. The lowest BCUT2D eigenvalue weighted by Gasteiger charge is -2.34. The van der Waals surface area contributed by atoms with E-state index < -0.39 is 10.0 Å². The van der Waals surface area contributed by atoms with Crippen molar-refractivity contribution in [3.05, 3.63) is 42.0 Å². The quantitative estimate of drug-likeness (QED) is 0.371. The van der Waals surface area contributed by atoms with E-state index in [2.05, 4.69) is 15.3 Å². The number of fused-ring (bicyclic) bond motifs is 3. The summed E-state index contributed by atoms with van der Waals surface area (Å²) in [7, 11) is -3.66. The molecule has 34 heavy (non-hydrogen) atoms. The number of amides is 1. The number of ether oxygens (including phenoxy) is 1. The van der Waals surface area contributed by atoms with Crippen molar-refractivity contribution in [2.24, 2.45) is 0 Å². The minimum Gasteiger partial charge on any atom is -0.373 e. The summed E-state index contributed by atoms with van der Waals surface area (Å²) < 4.78 is 36.2. The number of benzene rings is 2. The van der Waals surface area contributed by atoms with E-state index in [1.807, 2.05) is 32.2 Å². The van der Waals surface area contributed by atoms with Crippen molar-refractivity contribution in [3.8, 4) is 0 Å². The van der Waals surface area contributed by atoms with Gasteiger partial charge in [-0.05, 0) is 56.5 Å². The third-order valence-corrected chi connectivity index (χ3v) is 10.5. The third-order valence-electron chi connectivity index (χ3n) is 5.43. The second-order valence-corrected chi connectivity index (χ2v) is 13.0. The summed E-state index contributed by atoms with van der Waals surface area (Å²) in [4.78, 5) is 22.1. The van der Waals surface area contributed by atoms with Crippen LogP contribution in [0.5, 0.6) is 0 Å². The van der Waals surface area contributed by atoms with E-state index >= 15 is 0 Å². The molecule has 12 heteroatoms.